The summed E-state index contributed by atoms with van der Waals surface area (Å²) in [4.78, 5) is 12.1. The van der Waals surface area contributed by atoms with Crippen molar-refractivity contribution in [3.63, 3.8) is 0 Å². The topological polar surface area (TPSA) is 41.1 Å². The van der Waals surface area contributed by atoms with Crippen molar-refractivity contribution in [1.82, 2.24) is 10.6 Å². The molecule has 3 atom stereocenters. The first-order valence-electron chi connectivity index (χ1n) is 7.32. The van der Waals surface area contributed by atoms with E-state index < -0.39 is 0 Å². The van der Waals surface area contributed by atoms with Crippen LogP contribution in [0.25, 0.3) is 0 Å². The number of benzene rings is 1. The van der Waals surface area contributed by atoms with E-state index in [9.17, 15) is 9.18 Å². The number of carbonyl (C=O) groups excluding carboxylic acids is 1. The summed E-state index contributed by atoms with van der Waals surface area (Å²) >= 11 is 0. The lowest BCUT2D eigenvalue weighted by atomic mass is 9.93. The number of carbonyl (C=O) groups is 1. The Kier molecular flexibility index (Phi) is 7.12. The maximum atomic E-state index is 13.7. The third-order valence-corrected chi connectivity index (χ3v) is 4.10. The molecule has 3 nitrogen and oxygen atoms in total. The lowest BCUT2D eigenvalue weighted by Crippen LogP contribution is -2.50. The van der Waals surface area contributed by atoms with Crippen molar-refractivity contribution in [3.8, 4) is 0 Å². The molecule has 2 rings (SSSR count). The summed E-state index contributed by atoms with van der Waals surface area (Å²) in [5.41, 5.74) is 0.609. The molecule has 0 saturated carbocycles. The van der Waals surface area contributed by atoms with Crippen LogP contribution >= 0.6 is 12.4 Å². The van der Waals surface area contributed by atoms with Gasteiger partial charge in [-0.15, -0.1) is 12.4 Å². The maximum Gasteiger partial charge on any atom is 0.220 e. The molecule has 1 aromatic rings. The normalized spacial score (nSPS) is 23.0. The van der Waals surface area contributed by atoms with Crippen LogP contribution in [0.5, 0.6) is 0 Å². The highest BCUT2D eigenvalue weighted by atomic mass is 35.5. The number of amides is 1. The molecule has 0 bridgehead atoms. The average Bonchev–Trinajstić information content (AvgIpc) is 2.41. The zero-order valence-corrected chi connectivity index (χ0v) is 13.4. The van der Waals surface area contributed by atoms with Gasteiger partial charge in [-0.1, -0.05) is 32.0 Å². The second kappa shape index (κ2) is 8.35. The van der Waals surface area contributed by atoms with Gasteiger partial charge in [0.25, 0.3) is 0 Å². The van der Waals surface area contributed by atoms with E-state index in [1.807, 2.05) is 6.92 Å². The summed E-state index contributed by atoms with van der Waals surface area (Å²) in [7, 11) is 0. The Morgan fingerprint density at radius 2 is 2.19 bits per heavy atom. The lowest BCUT2D eigenvalue weighted by molar-refractivity contribution is -0.122. The highest BCUT2D eigenvalue weighted by Crippen LogP contribution is 2.22. The Morgan fingerprint density at radius 3 is 2.86 bits per heavy atom. The van der Waals surface area contributed by atoms with Gasteiger partial charge in [-0.3, -0.25) is 4.79 Å². The van der Waals surface area contributed by atoms with E-state index >= 15 is 0 Å². The van der Waals surface area contributed by atoms with Crippen molar-refractivity contribution in [2.75, 3.05) is 13.1 Å². The van der Waals surface area contributed by atoms with E-state index in [-0.39, 0.29) is 36.1 Å². The molecule has 21 heavy (non-hydrogen) atoms. The molecule has 3 unspecified atom stereocenters. The predicted octanol–water partition coefficient (Wildman–Crippen LogP) is 2.86. The largest absolute Gasteiger partial charge is 0.352 e. The third kappa shape index (κ3) is 4.97. The fourth-order valence-corrected chi connectivity index (χ4v) is 2.71. The maximum absolute atomic E-state index is 13.7. The molecule has 0 radical (unpaired) electrons. The van der Waals surface area contributed by atoms with Crippen molar-refractivity contribution in [2.24, 2.45) is 5.92 Å². The third-order valence-electron chi connectivity index (χ3n) is 4.10. The fraction of sp³-hybridized carbons (Fsp3) is 0.562. The van der Waals surface area contributed by atoms with Gasteiger partial charge in [0, 0.05) is 19.0 Å². The fourth-order valence-electron chi connectivity index (χ4n) is 2.71. The first-order chi connectivity index (χ1) is 9.58. The standard InChI is InChI=1S/C16H23FN2O.ClH/c1-11-7-8-18-10-15(11)19-16(20)9-12(2)13-5-3-4-6-14(13)17;/h3-6,11-12,15,18H,7-10H2,1-2H3,(H,19,20);1H. The van der Waals surface area contributed by atoms with Crippen molar-refractivity contribution in [3.05, 3.63) is 35.6 Å². The number of hydrogen-bond donors (Lipinski definition) is 2. The predicted molar refractivity (Wildman–Crippen MR) is 85.3 cm³/mol. The van der Waals surface area contributed by atoms with E-state index in [2.05, 4.69) is 17.6 Å². The van der Waals surface area contributed by atoms with E-state index in [1.54, 1.807) is 18.2 Å². The Labute approximate surface area is 132 Å². The minimum atomic E-state index is -0.236. The van der Waals surface area contributed by atoms with Gasteiger partial charge in [-0.25, -0.2) is 4.39 Å². The summed E-state index contributed by atoms with van der Waals surface area (Å²) in [6.45, 7) is 5.88. The van der Waals surface area contributed by atoms with E-state index in [0.717, 1.165) is 19.5 Å². The number of nitrogens with one attached hydrogen (secondary N) is 2. The van der Waals surface area contributed by atoms with Crippen molar-refractivity contribution >= 4 is 18.3 Å². The van der Waals surface area contributed by atoms with Gasteiger partial charge in [0.15, 0.2) is 0 Å². The molecule has 1 aliphatic heterocycles. The van der Waals surface area contributed by atoms with Crippen LogP contribution in [0.3, 0.4) is 0 Å². The molecule has 1 saturated heterocycles. The molecule has 1 heterocycles. The summed E-state index contributed by atoms with van der Waals surface area (Å²) < 4.78 is 13.7. The number of hydrogen-bond acceptors (Lipinski definition) is 2. The average molecular weight is 315 g/mol. The van der Waals surface area contributed by atoms with Gasteiger partial charge in [-0.05, 0) is 36.4 Å². The van der Waals surface area contributed by atoms with Gasteiger partial charge in [0.2, 0.25) is 5.91 Å². The summed E-state index contributed by atoms with van der Waals surface area (Å²) in [5, 5.41) is 6.35. The first kappa shape index (κ1) is 17.9. The Morgan fingerprint density at radius 1 is 1.48 bits per heavy atom. The molecular weight excluding hydrogens is 291 g/mol. The molecule has 1 aromatic carbocycles. The van der Waals surface area contributed by atoms with Crippen molar-refractivity contribution in [1.29, 1.82) is 0 Å². The van der Waals surface area contributed by atoms with Gasteiger partial charge in [0.05, 0.1) is 0 Å². The monoisotopic (exact) mass is 314 g/mol. The van der Waals surface area contributed by atoms with E-state index in [0.29, 0.717) is 17.9 Å². The molecule has 0 aromatic heterocycles. The number of halogens is 2. The lowest BCUT2D eigenvalue weighted by Gasteiger charge is -2.30. The quantitative estimate of drug-likeness (QED) is 0.897. The smallest absolute Gasteiger partial charge is 0.220 e. The van der Waals surface area contributed by atoms with E-state index in [4.69, 9.17) is 0 Å². The summed E-state index contributed by atoms with van der Waals surface area (Å²) in [5.74, 6) is 0.147. The second-order valence-corrected chi connectivity index (χ2v) is 5.77. The Hall–Kier alpha value is -1.13. The molecule has 0 aliphatic carbocycles. The molecule has 1 aliphatic rings. The van der Waals surface area contributed by atoms with Gasteiger partial charge in [-0.2, -0.15) is 0 Å². The van der Waals surface area contributed by atoms with Crippen LogP contribution in [0.4, 0.5) is 4.39 Å². The van der Waals surface area contributed by atoms with Gasteiger partial charge < -0.3 is 10.6 Å². The number of rotatable bonds is 4. The van der Waals surface area contributed by atoms with Crippen LogP contribution in [-0.2, 0) is 4.79 Å². The summed E-state index contributed by atoms with van der Waals surface area (Å²) in [6, 6.07) is 6.85. The molecule has 2 N–H and O–H groups in total. The molecule has 118 valence electrons. The van der Waals surface area contributed by atoms with Gasteiger partial charge >= 0.3 is 0 Å². The van der Waals surface area contributed by atoms with Crippen LogP contribution in [0.15, 0.2) is 24.3 Å². The van der Waals surface area contributed by atoms with E-state index in [1.165, 1.54) is 6.07 Å². The minimum Gasteiger partial charge on any atom is -0.352 e. The molecule has 1 fully saturated rings. The Balaban J connectivity index is 0.00000220. The van der Waals surface area contributed by atoms with Crippen molar-refractivity contribution < 1.29 is 9.18 Å². The van der Waals surface area contributed by atoms with Crippen LogP contribution in [-0.4, -0.2) is 25.0 Å². The van der Waals surface area contributed by atoms with Crippen LogP contribution in [0.1, 0.15) is 38.2 Å². The van der Waals surface area contributed by atoms with Crippen LogP contribution in [0.2, 0.25) is 0 Å². The minimum absolute atomic E-state index is 0. The Bertz CT molecular complexity index is 469. The van der Waals surface area contributed by atoms with Crippen LogP contribution in [0, 0.1) is 11.7 Å². The van der Waals surface area contributed by atoms with Crippen LogP contribution < -0.4 is 10.6 Å². The highest BCUT2D eigenvalue weighted by Gasteiger charge is 2.23. The highest BCUT2D eigenvalue weighted by molar-refractivity contribution is 5.85. The molecular formula is C16H24ClFN2O. The molecule has 1 amide bonds. The van der Waals surface area contributed by atoms with Gasteiger partial charge in [0.1, 0.15) is 5.82 Å². The first-order valence-corrected chi connectivity index (χ1v) is 7.32. The molecule has 0 spiro atoms. The number of piperidine rings is 1. The second-order valence-electron chi connectivity index (χ2n) is 5.77. The SMILES string of the molecule is CC(CC(=O)NC1CNCCC1C)c1ccccc1F.Cl. The summed E-state index contributed by atoms with van der Waals surface area (Å²) in [6.07, 6.45) is 1.40. The zero-order valence-electron chi connectivity index (χ0n) is 12.6. The van der Waals surface area contributed by atoms with Crippen molar-refractivity contribution in [2.45, 2.75) is 38.6 Å². The molecule has 5 heteroatoms. The zero-order chi connectivity index (χ0) is 14.5.